The van der Waals surface area contributed by atoms with E-state index >= 15 is 0 Å². The molecule has 0 saturated carbocycles. The van der Waals surface area contributed by atoms with Crippen molar-refractivity contribution < 1.29 is 4.42 Å². The lowest BCUT2D eigenvalue weighted by atomic mass is 10.0. The summed E-state index contributed by atoms with van der Waals surface area (Å²) >= 11 is 0. The molecule has 1 atom stereocenters. The topological polar surface area (TPSA) is 39.2 Å². The fourth-order valence-electron chi connectivity index (χ4n) is 1.58. The van der Waals surface area contributed by atoms with Crippen molar-refractivity contribution in [1.82, 2.24) is 0 Å². The van der Waals surface area contributed by atoms with Crippen LogP contribution in [0, 0.1) is 0 Å². The first kappa shape index (κ1) is 8.32. The summed E-state index contributed by atoms with van der Waals surface area (Å²) in [5.74, 6) is 0. The summed E-state index contributed by atoms with van der Waals surface area (Å²) in [6, 6.07) is 8.26. The molecule has 0 aliphatic carbocycles. The van der Waals surface area contributed by atoms with Gasteiger partial charge >= 0.3 is 0 Å². The van der Waals surface area contributed by atoms with Crippen LogP contribution in [0.5, 0.6) is 0 Å². The Bertz CT molecular complexity index is 403. The summed E-state index contributed by atoms with van der Waals surface area (Å²) in [4.78, 5) is 0. The summed E-state index contributed by atoms with van der Waals surface area (Å²) in [6.07, 6.45) is 2.62. The first-order valence-electron chi connectivity index (χ1n) is 4.48. The first-order chi connectivity index (χ1) is 6.27. The largest absolute Gasteiger partial charge is 0.464 e. The van der Waals surface area contributed by atoms with Gasteiger partial charge in [0.15, 0.2) is 0 Å². The Hall–Kier alpha value is -1.28. The van der Waals surface area contributed by atoms with E-state index in [0.29, 0.717) is 0 Å². The van der Waals surface area contributed by atoms with Crippen LogP contribution in [0.25, 0.3) is 11.0 Å². The third kappa shape index (κ3) is 1.58. The molecule has 2 rings (SSSR count). The van der Waals surface area contributed by atoms with Crippen LogP contribution in [0.1, 0.15) is 12.5 Å². The Kier molecular flexibility index (Phi) is 2.07. The fourth-order valence-corrected chi connectivity index (χ4v) is 1.58. The second kappa shape index (κ2) is 3.23. The standard InChI is InChI=1S/C11H13NO/c1-8(12)7-9-3-2-4-11-10(9)5-6-13-11/h2-6,8H,7,12H2,1H3/t8-/m1/s1. The molecule has 0 spiro atoms. The average Bonchev–Trinajstić information content (AvgIpc) is 2.51. The van der Waals surface area contributed by atoms with E-state index in [-0.39, 0.29) is 6.04 Å². The number of rotatable bonds is 2. The third-order valence-corrected chi connectivity index (χ3v) is 2.13. The highest BCUT2D eigenvalue weighted by atomic mass is 16.3. The van der Waals surface area contributed by atoms with E-state index in [1.807, 2.05) is 25.1 Å². The van der Waals surface area contributed by atoms with Crippen LogP contribution in [-0.4, -0.2) is 6.04 Å². The smallest absolute Gasteiger partial charge is 0.134 e. The van der Waals surface area contributed by atoms with Gasteiger partial charge < -0.3 is 10.2 Å². The predicted octanol–water partition coefficient (Wildman–Crippen LogP) is 2.32. The maximum atomic E-state index is 5.75. The van der Waals surface area contributed by atoms with Crippen LogP contribution in [0.15, 0.2) is 34.9 Å². The number of hydrogen-bond donors (Lipinski definition) is 1. The lowest BCUT2D eigenvalue weighted by Crippen LogP contribution is -2.17. The van der Waals surface area contributed by atoms with Gasteiger partial charge in [-0.05, 0) is 31.0 Å². The Morgan fingerprint density at radius 2 is 2.23 bits per heavy atom. The maximum absolute atomic E-state index is 5.75. The molecule has 2 nitrogen and oxygen atoms in total. The molecule has 0 bridgehead atoms. The molecule has 0 aliphatic rings. The zero-order chi connectivity index (χ0) is 9.26. The Labute approximate surface area is 77.3 Å². The van der Waals surface area contributed by atoms with Crippen LogP contribution in [-0.2, 0) is 6.42 Å². The quantitative estimate of drug-likeness (QED) is 0.760. The summed E-state index contributed by atoms with van der Waals surface area (Å²) in [5.41, 5.74) is 7.96. The average molecular weight is 175 g/mol. The van der Waals surface area contributed by atoms with Crippen LogP contribution in [0.3, 0.4) is 0 Å². The molecule has 0 amide bonds. The molecule has 0 aliphatic heterocycles. The first-order valence-corrected chi connectivity index (χ1v) is 4.48. The lowest BCUT2D eigenvalue weighted by Gasteiger charge is -2.05. The van der Waals surface area contributed by atoms with Gasteiger partial charge in [-0.2, -0.15) is 0 Å². The normalized spacial score (nSPS) is 13.4. The van der Waals surface area contributed by atoms with Crippen LogP contribution in [0.4, 0.5) is 0 Å². The van der Waals surface area contributed by atoms with Crippen molar-refractivity contribution >= 4 is 11.0 Å². The van der Waals surface area contributed by atoms with Gasteiger partial charge in [-0.25, -0.2) is 0 Å². The molecule has 2 heteroatoms. The number of furan rings is 1. The summed E-state index contributed by atoms with van der Waals surface area (Å²) in [5, 5.41) is 1.18. The van der Waals surface area contributed by atoms with Gasteiger partial charge in [0.05, 0.1) is 6.26 Å². The zero-order valence-corrected chi connectivity index (χ0v) is 7.66. The van der Waals surface area contributed by atoms with E-state index in [0.717, 1.165) is 12.0 Å². The van der Waals surface area contributed by atoms with Crippen molar-refractivity contribution in [2.24, 2.45) is 5.73 Å². The molecule has 0 saturated heterocycles. The SMILES string of the molecule is C[C@@H](N)Cc1cccc2occc12. The van der Waals surface area contributed by atoms with Crippen LogP contribution < -0.4 is 5.73 Å². The predicted molar refractivity (Wildman–Crippen MR) is 53.6 cm³/mol. The second-order valence-corrected chi connectivity index (χ2v) is 3.43. The molecule has 0 radical (unpaired) electrons. The maximum Gasteiger partial charge on any atom is 0.134 e. The van der Waals surface area contributed by atoms with Gasteiger partial charge in [0, 0.05) is 11.4 Å². The number of nitrogens with two attached hydrogens (primary N) is 1. The highest BCUT2D eigenvalue weighted by molar-refractivity contribution is 5.80. The minimum Gasteiger partial charge on any atom is -0.464 e. The third-order valence-electron chi connectivity index (χ3n) is 2.13. The highest BCUT2D eigenvalue weighted by Gasteiger charge is 2.04. The summed E-state index contributed by atoms with van der Waals surface area (Å²) in [6.45, 7) is 2.01. The molecular weight excluding hydrogens is 162 g/mol. The van der Waals surface area contributed by atoms with Gasteiger partial charge in [0.25, 0.3) is 0 Å². The fraction of sp³-hybridized carbons (Fsp3) is 0.273. The van der Waals surface area contributed by atoms with E-state index in [2.05, 4.69) is 6.07 Å². The van der Waals surface area contributed by atoms with Crippen molar-refractivity contribution in [2.45, 2.75) is 19.4 Å². The molecule has 1 aromatic heterocycles. The van der Waals surface area contributed by atoms with Gasteiger partial charge in [-0.3, -0.25) is 0 Å². The van der Waals surface area contributed by atoms with Crippen molar-refractivity contribution in [1.29, 1.82) is 0 Å². The number of fused-ring (bicyclic) bond motifs is 1. The van der Waals surface area contributed by atoms with Gasteiger partial charge in [0.2, 0.25) is 0 Å². The molecule has 1 aromatic carbocycles. The van der Waals surface area contributed by atoms with Gasteiger partial charge in [0.1, 0.15) is 5.58 Å². The Morgan fingerprint density at radius 1 is 1.38 bits per heavy atom. The highest BCUT2D eigenvalue weighted by Crippen LogP contribution is 2.20. The molecule has 0 unspecified atom stereocenters. The molecule has 0 fully saturated rings. The summed E-state index contributed by atoms with van der Waals surface area (Å²) < 4.78 is 5.30. The minimum absolute atomic E-state index is 0.195. The summed E-state index contributed by atoms with van der Waals surface area (Å²) in [7, 11) is 0. The molecule has 1 heterocycles. The van der Waals surface area contributed by atoms with E-state index in [1.165, 1.54) is 10.9 Å². The van der Waals surface area contributed by atoms with Gasteiger partial charge in [-0.1, -0.05) is 12.1 Å². The molecule has 2 aromatic rings. The van der Waals surface area contributed by atoms with E-state index in [1.54, 1.807) is 6.26 Å². The van der Waals surface area contributed by atoms with Crippen molar-refractivity contribution in [2.75, 3.05) is 0 Å². The molecule has 13 heavy (non-hydrogen) atoms. The van der Waals surface area contributed by atoms with E-state index in [9.17, 15) is 0 Å². The monoisotopic (exact) mass is 175 g/mol. The van der Waals surface area contributed by atoms with Crippen molar-refractivity contribution in [3.05, 3.63) is 36.1 Å². The molecular formula is C11H13NO. The van der Waals surface area contributed by atoms with Crippen molar-refractivity contribution in [3.63, 3.8) is 0 Å². The molecule has 68 valence electrons. The Morgan fingerprint density at radius 3 is 3.00 bits per heavy atom. The minimum atomic E-state index is 0.195. The number of benzene rings is 1. The van der Waals surface area contributed by atoms with Crippen LogP contribution >= 0.6 is 0 Å². The second-order valence-electron chi connectivity index (χ2n) is 3.43. The van der Waals surface area contributed by atoms with E-state index in [4.69, 9.17) is 10.2 Å². The zero-order valence-electron chi connectivity index (χ0n) is 7.66. The molecule has 2 N–H and O–H groups in total. The van der Waals surface area contributed by atoms with Gasteiger partial charge in [-0.15, -0.1) is 0 Å². The Balaban J connectivity index is 2.48. The van der Waals surface area contributed by atoms with E-state index < -0.39 is 0 Å². The lowest BCUT2D eigenvalue weighted by molar-refractivity contribution is 0.615. The van der Waals surface area contributed by atoms with Crippen LogP contribution in [0.2, 0.25) is 0 Å². The van der Waals surface area contributed by atoms with Crippen molar-refractivity contribution in [3.8, 4) is 0 Å². The number of hydrogen-bond acceptors (Lipinski definition) is 2.